The first kappa shape index (κ1) is 32.8. The number of nitrogens with two attached hydrogens (primary N) is 1. The topological polar surface area (TPSA) is 174 Å². The zero-order valence-electron chi connectivity index (χ0n) is 23.8. The number of ether oxygens (including phenoxy) is 3. The molecule has 6 atom stereocenters. The number of carbonyl (C=O) groups excluding carboxylic acids is 4. The van der Waals surface area contributed by atoms with Gasteiger partial charge in [-0.2, -0.15) is 0 Å². The maximum absolute atomic E-state index is 13.3. The lowest BCUT2D eigenvalue weighted by molar-refractivity contribution is -0.120. The van der Waals surface area contributed by atoms with Crippen molar-refractivity contribution in [2.75, 3.05) is 20.8 Å². The Kier molecular flexibility index (Phi) is 12.2. The van der Waals surface area contributed by atoms with Crippen molar-refractivity contribution in [2.24, 2.45) is 17.6 Å². The van der Waals surface area contributed by atoms with E-state index < -0.39 is 60.5 Å². The average molecular weight is 561 g/mol. The number of methoxy groups -OCH3 is 2. The van der Waals surface area contributed by atoms with E-state index >= 15 is 0 Å². The molecule has 220 valence electrons. The summed E-state index contributed by atoms with van der Waals surface area (Å²) in [4.78, 5) is 50.5. The lowest BCUT2D eigenvalue weighted by atomic mass is 9.83. The highest BCUT2D eigenvalue weighted by atomic mass is 16.6. The Hall–Kier alpha value is -3.38. The van der Waals surface area contributed by atoms with Gasteiger partial charge in [0.25, 0.3) is 5.91 Å². The van der Waals surface area contributed by atoms with Crippen LogP contribution in [0.5, 0.6) is 0 Å². The van der Waals surface area contributed by atoms with E-state index in [9.17, 15) is 29.4 Å². The van der Waals surface area contributed by atoms with E-state index in [1.165, 1.54) is 33.3 Å². The summed E-state index contributed by atoms with van der Waals surface area (Å²) in [5.41, 5.74) is 6.00. The maximum atomic E-state index is 13.3. The van der Waals surface area contributed by atoms with Gasteiger partial charge in [-0.3, -0.25) is 14.4 Å². The number of hydrogen-bond donors (Lipinski definition) is 4. The van der Waals surface area contributed by atoms with Gasteiger partial charge in [-0.1, -0.05) is 38.2 Å². The first-order valence-corrected chi connectivity index (χ1v) is 13.0. The molecule has 11 heteroatoms. The second kappa shape index (κ2) is 14.8. The van der Waals surface area contributed by atoms with E-state index in [0.29, 0.717) is 12.0 Å². The molecule has 0 unspecified atom stereocenters. The summed E-state index contributed by atoms with van der Waals surface area (Å²) >= 11 is 0. The fourth-order valence-electron chi connectivity index (χ4n) is 4.82. The number of allylic oxidation sites excluding steroid dienone is 4. The quantitative estimate of drug-likeness (QED) is 0.295. The van der Waals surface area contributed by atoms with E-state index in [1.54, 1.807) is 26.0 Å². The van der Waals surface area contributed by atoms with Gasteiger partial charge in [-0.05, 0) is 38.2 Å². The van der Waals surface area contributed by atoms with Crippen molar-refractivity contribution >= 4 is 23.6 Å². The molecule has 0 aromatic carbocycles. The molecule has 1 aliphatic carbocycles. The predicted molar refractivity (Wildman–Crippen MR) is 147 cm³/mol. The summed E-state index contributed by atoms with van der Waals surface area (Å²) in [6, 6.07) is 0. The number of amides is 2. The van der Waals surface area contributed by atoms with Crippen LogP contribution in [-0.4, -0.2) is 79.0 Å². The van der Waals surface area contributed by atoms with Gasteiger partial charge in [0.05, 0.1) is 24.5 Å². The minimum absolute atomic E-state index is 0.0246. The van der Waals surface area contributed by atoms with Crippen LogP contribution in [0.4, 0.5) is 4.79 Å². The Morgan fingerprint density at radius 2 is 1.82 bits per heavy atom. The van der Waals surface area contributed by atoms with Crippen LogP contribution in [0.25, 0.3) is 0 Å². The monoisotopic (exact) mass is 560 g/mol. The lowest BCUT2D eigenvalue weighted by Gasteiger charge is -2.30. The number of carbonyl (C=O) groups is 4. The molecular formula is C29H40N2O9. The number of Topliss-reactive ketones (excluding diaryl/α,β-unsaturated/α-hetero) is 1. The number of aliphatic hydroxyl groups is 2. The molecular weight excluding hydrogens is 520 g/mol. The number of hydrogen-bond acceptors (Lipinski definition) is 9. The molecule has 40 heavy (non-hydrogen) atoms. The van der Waals surface area contributed by atoms with Gasteiger partial charge in [-0.25, -0.2) is 4.79 Å². The van der Waals surface area contributed by atoms with Crippen molar-refractivity contribution in [3.8, 4) is 0 Å². The fourth-order valence-corrected chi connectivity index (χ4v) is 4.82. The van der Waals surface area contributed by atoms with Gasteiger partial charge >= 0.3 is 6.09 Å². The summed E-state index contributed by atoms with van der Waals surface area (Å²) in [5, 5.41) is 23.5. The van der Waals surface area contributed by atoms with Gasteiger partial charge in [-0.15, -0.1) is 0 Å². The first-order valence-electron chi connectivity index (χ1n) is 13.0. The SMILES string of the molecule is CO[C@H]1/C=C/C=C(/C)C(=O)NC2=CC(=O)C(CO)=C(C[C@@H](C)C[C@H](OC)[C@H](O)[C@@H](C)/C=C(/C)[C@@H]1OC(N)=O)C2=O. The zero-order chi connectivity index (χ0) is 30.1. The van der Waals surface area contributed by atoms with Crippen molar-refractivity contribution in [1.82, 2.24) is 5.32 Å². The van der Waals surface area contributed by atoms with Crippen molar-refractivity contribution < 1.29 is 43.6 Å². The molecule has 1 heterocycles. The van der Waals surface area contributed by atoms with Crippen LogP contribution in [0.15, 0.2) is 58.4 Å². The molecule has 0 radical (unpaired) electrons. The van der Waals surface area contributed by atoms with E-state index in [-0.39, 0.29) is 34.8 Å². The molecule has 2 aliphatic rings. The molecule has 0 aromatic heterocycles. The molecule has 0 saturated heterocycles. The Morgan fingerprint density at radius 1 is 1.15 bits per heavy atom. The van der Waals surface area contributed by atoms with Crippen LogP contribution in [0, 0.1) is 11.8 Å². The second-order valence-electron chi connectivity index (χ2n) is 10.2. The van der Waals surface area contributed by atoms with Crippen LogP contribution in [-0.2, 0) is 28.6 Å². The molecule has 0 saturated carbocycles. The smallest absolute Gasteiger partial charge is 0.405 e. The zero-order valence-corrected chi connectivity index (χ0v) is 23.8. The molecule has 0 spiro atoms. The van der Waals surface area contributed by atoms with Crippen molar-refractivity contribution in [3.63, 3.8) is 0 Å². The summed E-state index contributed by atoms with van der Waals surface area (Å²) in [7, 11) is 2.88. The Bertz CT molecular complexity index is 1150. The molecule has 2 bridgehead atoms. The number of primary amides is 1. The largest absolute Gasteiger partial charge is 0.439 e. The van der Waals surface area contributed by atoms with Crippen LogP contribution < -0.4 is 11.1 Å². The van der Waals surface area contributed by atoms with Gasteiger partial charge in [0, 0.05) is 42.9 Å². The number of nitrogens with one attached hydrogen (secondary N) is 1. The molecule has 5 N–H and O–H groups in total. The summed E-state index contributed by atoms with van der Waals surface area (Å²) in [5.74, 6) is -2.44. The van der Waals surface area contributed by atoms with Crippen LogP contribution in [0.3, 0.4) is 0 Å². The molecule has 0 aromatic rings. The average Bonchev–Trinajstić information content (AvgIpc) is 2.90. The second-order valence-corrected chi connectivity index (χ2v) is 10.2. The fraction of sp³-hybridized carbons (Fsp3) is 0.517. The van der Waals surface area contributed by atoms with Gasteiger partial charge < -0.3 is 35.5 Å². The third kappa shape index (κ3) is 8.31. The highest BCUT2D eigenvalue weighted by Gasteiger charge is 2.33. The standard InChI is InChI=1S/C29H40N2O9/c1-15-10-19-20(14-32)22(33)13-21(26(19)35)31-28(36)16(2)8-7-9-23(38-5)27(40-29(30)37)18(4)12-17(3)25(34)24(11-15)39-6/h7-9,12-13,15,17,23-25,27,32,34H,10-11,14H2,1-6H3,(H2,30,37)(H,31,36)/b9-7+,16-8-,18-12-/t15-,17+,23+,24+,25-,27+/m1/s1. The third-order valence-corrected chi connectivity index (χ3v) is 7.07. The molecule has 2 rings (SSSR count). The minimum atomic E-state index is -1.01. The van der Waals surface area contributed by atoms with Crippen LogP contribution in [0.1, 0.15) is 40.5 Å². The van der Waals surface area contributed by atoms with Crippen molar-refractivity contribution in [3.05, 3.63) is 58.4 Å². The summed E-state index contributed by atoms with van der Waals surface area (Å²) in [6.45, 7) is 6.23. The minimum Gasteiger partial charge on any atom is -0.439 e. The van der Waals surface area contributed by atoms with Gasteiger partial charge in [0.2, 0.25) is 5.78 Å². The normalized spacial score (nSPS) is 32.8. The number of aliphatic hydroxyl groups excluding tert-OH is 2. The number of fused-ring (bicyclic) bond motifs is 2. The highest BCUT2D eigenvalue weighted by Crippen LogP contribution is 2.29. The predicted octanol–water partition coefficient (Wildman–Crippen LogP) is 1.80. The summed E-state index contributed by atoms with van der Waals surface area (Å²) < 4.78 is 16.4. The molecule has 0 fully saturated rings. The number of ketones is 2. The van der Waals surface area contributed by atoms with Crippen molar-refractivity contribution in [1.29, 1.82) is 0 Å². The van der Waals surface area contributed by atoms with Crippen LogP contribution in [0.2, 0.25) is 0 Å². The Labute approximate surface area is 234 Å². The summed E-state index contributed by atoms with van der Waals surface area (Å²) in [6.07, 6.45) is 3.40. The number of rotatable bonds is 4. The van der Waals surface area contributed by atoms with Crippen LogP contribution >= 0.6 is 0 Å². The van der Waals surface area contributed by atoms with E-state index in [2.05, 4.69) is 5.32 Å². The third-order valence-electron chi connectivity index (χ3n) is 7.07. The maximum Gasteiger partial charge on any atom is 0.405 e. The Balaban J connectivity index is 2.60. The highest BCUT2D eigenvalue weighted by molar-refractivity contribution is 6.23. The lowest BCUT2D eigenvalue weighted by Crippen LogP contribution is -2.37. The molecule has 2 amide bonds. The van der Waals surface area contributed by atoms with Gasteiger partial charge in [0.15, 0.2) is 11.9 Å². The molecule has 1 aliphatic heterocycles. The molecule has 11 nitrogen and oxygen atoms in total. The van der Waals surface area contributed by atoms with E-state index in [4.69, 9.17) is 19.9 Å². The van der Waals surface area contributed by atoms with Gasteiger partial charge in [0.1, 0.15) is 6.10 Å². The first-order chi connectivity index (χ1) is 18.8. The van der Waals surface area contributed by atoms with E-state index in [0.717, 1.165) is 6.08 Å². The van der Waals surface area contributed by atoms with Crippen molar-refractivity contribution in [2.45, 2.75) is 65.0 Å². The van der Waals surface area contributed by atoms with E-state index in [1.807, 2.05) is 6.92 Å². The Morgan fingerprint density at radius 3 is 2.40 bits per heavy atom.